The number of amides is 1. The lowest BCUT2D eigenvalue weighted by Crippen LogP contribution is -2.41. The van der Waals surface area contributed by atoms with Crippen LogP contribution in [-0.4, -0.2) is 55.2 Å². The maximum atomic E-state index is 13.7. The van der Waals surface area contributed by atoms with Crippen molar-refractivity contribution in [2.75, 3.05) is 11.5 Å². The van der Waals surface area contributed by atoms with Gasteiger partial charge in [-0.15, -0.1) is 0 Å². The standard InChI is InChI=1S/C24H23Cl2N3O5S2/c1-16-4-2-3-5-18(16)14-36(33,34)24-27-12-21(26)22(28-24)23(30)29(20-10-11-35(31,32)15-20)13-17-6-8-19(25)9-7-17/h2-9,12,20H,10-11,13-15H2,1H3. The molecule has 36 heavy (non-hydrogen) atoms. The third kappa shape index (κ3) is 6.05. The maximum Gasteiger partial charge on any atom is 0.274 e. The molecule has 1 aliphatic rings. The van der Waals surface area contributed by atoms with Gasteiger partial charge in [0.15, 0.2) is 15.5 Å². The monoisotopic (exact) mass is 567 g/mol. The van der Waals surface area contributed by atoms with Gasteiger partial charge in [0.25, 0.3) is 5.91 Å². The molecule has 1 amide bonds. The van der Waals surface area contributed by atoms with Gasteiger partial charge in [-0.2, -0.15) is 0 Å². The number of hydrogen-bond acceptors (Lipinski definition) is 7. The number of carbonyl (C=O) groups is 1. The van der Waals surface area contributed by atoms with E-state index in [1.54, 1.807) is 55.5 Å². The Morgan fingerprint density at radius 1 is 1.11 bits per heavy atom. The van der Waals surface area contributed by atoms with Gasteiger partial charge in [-0.3, -0.25) is 4.79 Å². The first kappa shape index (κ1) is 26.5. The zero-order valence-corrected chi connectivity index (χ0v) is 22.4. The lowest BCUT2D eigenvalue weighted by Gasteiger charge is -2.28. The van der Waals surface area contributed by atoms with Crippen LogP contribution in [0.15, 0.2) is 59.9 Å². The lowest BCUT2D eigenvalue weighted by atomic mass is 10.1. The third-order valence-corrected chi connectivity index (χ3v) is 9.71. The van der Waals surface area contributed by atoms with Gasteiger partial charge in [-0.25, -0.2) is 26.8 Å². The van der Waals surface area contributed by atoms with Crippen molar-refractivity contribution < 1.29 is 21.6 Å². The van der Waals surface area contributed by atoms with E-state index < -0.39 is 36.8 Å². The Labute approximate surface area is 220 Å². The molecular weight excluding hydrogens is 545 g/mol. The second-order valence-corrected chi connectivity index (χ2v) is 13.6. The van der Waals surface area contributed by atoms with Crippen molar-refractivity contribution >= 4 is 48.8 Å². The number of hydrogen-bond donors (Lipinski definition) is 0. The summed E-state index contributed by atoms with van der Waals surface area (Å²) in [6.07, 6.45) is 1.33. The SMILES string of the molecule is Cc1ccccc1CS(=O)(=O)c1ncc(Cl)c(C(=O)N(Cc2ccc(Cl)cc2)C2CCS(=O)(=O)C2)n1. The highest BCUT2D eigenvalue weighted by molar-refractivity contribution is 7.91. The largest absolute Gasteiger partial charge is 0.329 e. The summed E-state index contributed by atoms with van der Waals surface area (Å²) in [6.45, 7) is 1.87. The summed E-state index contributed by atoms with van der Waals surface area (Å²) in [7, 11) is -7.31. The predicted molar refractivity (Wildman–Crippen MR) is 137 cm³/mol. The molecule has 4 rings (SSSR count). The molecule has 0 bridgehead atoms. The normalized spacial score (nSPS) is 17.1. The molecule has 0 aliphatic carbocycles. The number of aromatic nitrogens is 2. The molecule has 3 aromatic rings. The predicted octanol–water partition coefficient (Wildman–Crippen LogP) is 3.90. The van der Waals surface area contributed by atoms with Gasteiger partial charge in [0.1, 0.15) is 0 Å². The topological polar surface area (TPSA) is 114 Å². The molecule has 190 valence electrons. The molecule has 1 fully saturated rings. The van der Waals surface area contributed by atoms with E-state index in [0.717, 1.165) is 17.3 Å². The fourth-order valence-electron chi connectivity index (χ4n) is 4.00. The van der Waals surface area contributed by atoms with Crippen LogP contribution in [0.5, 0.6) is 0 Å². The van der Waals surface area contributed by atoms with Crippen molar-refractivity contribution in [1.82, 2.24) is 14.9 Å². The summed E-state index contributed by atoms with van der Waals surface area (Å²) >= 11 is 12.2. The number of sulfone groups is 2. The molecule has 0 saturated carbocycles. The molecule has 12 heteroatoms. The Balaban J connectivity index is 1.69. The number of nitrogens with zero attached hydrogens (tertiary/aromatic N) is 3. The lowest BCUT2D eigenvalue weighted by molar-refractivity contribution is 0.0674. The molecule has 0 N–H and O–H groups in total. The van der Waals surface area contributed by atoms with Crippen LogP contribution in [0, 0.1) is 6.92 Å². The fourth-order valence-corrected chi connectivity index (χ4v) is 7.34. The average Bonchev–Trinajstić information content (AvgIpc) is 3.19. The van der Waals surface area contributed by atoms with Crippen molar-refractivity contribution in [3.63, 3.8) is 0 Å². The summed E-state index contributed by atoms with van der Waals surface area (Å²) in [5.41, 5.74) is 1.80. The van der Waals surface area contributed by atoms with Crippen molar-refractivity contribution in [3.05, 3.63) is 87.2 Å². The van der Waals surface area contributed by atoms with Gasteiger partial charge in [0.05, 0.1) is 28.5 Å². The number of benzene rings is 2. The average molecular weight is 569 g/mol. The summed E-state index contributed by atoms with van der Waals surface area (Å²) in [5, 5.41) is -0.136. The summed E-state index contributed by atoms with van der Waals surface area (Å²) in [6, 6.07) is 13.2. The molecular formula is C24H23Cl2N3O5S2. The Kier molecular flexibility index (Phi) is 7.70. The first-order valence-electron chi connectivity index (χ1n) is 11.0. The van der Waals surface area contributed by atoms with Crippen LogP contribution in [0.1, 0.15) is 33.6 Å². The van der Waals surface area contributed by atoms with E-state index in [4.69, 9.17) is 23.2 Å². The first-order valence-corrected chi connectivity index (χ1v) is 15.2. The van der Waals surface area contributed by atoms with E-state index in [1.165, 1.54) is 4.90 Å². The Morgan fingerprint density at radius 3 is 2.44 bits per heavy atom. The highest BCUT2D eigenvalue weighted by Crippen LogP contribution is 2.26. The number of aryl methyl sites for hydroxylation is 1. The van der Waals surface area contributed by atoms with Crippen molar-refractivity contribution in [3.8, 4) is 0 Å². The van der Waals surface area contributed by atoms with E-state index in [2.05, 4.69) is 9.97 Å². The summed E-state index contributed by atoms with van der Waals surface area (Å²) in [5.74, 6) is -1.26. The van der Waals surface area contributed by atoms with Crippen LogP contribution in [-0.2, 0) is 32.0 Å². The minimum absolute atomic E-state index is 0.0460. The second-order valence-electron chi connectivity index (χ2n) is 8.65. The molecule has 2 aromatic carbocycles. The van der Waals surface area contributed by atoms with Crippen LogP contribution in [0.2, 0.25) is 10.0 Å². The van der Waals surface area contributed by atoms with Crippen LogP contribution in [0.3, 0.4) is 0 Å². The van der Waals surface area contributed by atoms with E-state index >= 15 is 0 Å². The molecule has 2 heterocycles. The summed E-state index contributed by atoms with van der Waals surface area (Å²) in [4.78, 5) is 23.0. The van der Waals surface area contributed by atoms with Gasteiger partial charge in [0.2, 0.25) is 15.0 Å². The van der Waals surface area contributed by atoms with Crippen LogP contribution < -0.4 is 0 Å². The van der Waals surface area contributed by atoms with Crippen LogP contribution in [0.4, 0.5) is 0 Å². The van der Waals surface area contributed by atoms with Crippen LogP contribution >= 0.6 is 23.2 Å². The zero-order valence-electron chi connectivity index (χ0n) is 19.3. The van der Waals surface area contributed by atoms with E-state index in [1.807, 2.05) is 0 Å². The fraction of sp³-hybridized carbons (Fsp3) is 0.292. The quantitative estimate of drug-likeness (QED) is 0.397. The van der Waals surface area contributed by atoms with Gasteiger partial charge >= 0.3 is 0 Å². The minimum atomic E-state index is -4.00. The number of rotatable bonds is 7. The van der Waals surface area contributed by atoms with Gasteiger partial charge in [-0.05, 0) is 42.2 Å². The molecule has 1 unspecified atom stereocenters. The Morgan fingerprint density at radius 2 is 1.81 bits per heavy atom. The van der Waals surface area contributed by atoms with Crippen LogP contribution in [0.25, 0.3) is 0 Å². The summed E-state index contributed by atoms with van der Waals surface area (Å²) < 4.78 is 50.5. The van der Waals surface area contributed by atoms with Gasteiger partial charge < -0.3 is 4.90 Å². The van der Waals surface area contributed by atoms with Crippen molar-refractivity contribution in [2.24, 2.45) is 0 Å². The second kappa shape index (κ2) is 10.5. The van der Waals surface area contributed by atoms with E-state index in [-0.39, 0.29) is 40.9 Å². The third-order valence-electron chi connectivity index (χ3n) is 5.99. The van der Waals surface area contributed by atoms with E-state index in [9.17, 15) is 21.6 Å². The number of halogens is 2. The van der Waals surface area contributed by atoms with Crippen molar-refractivity contribution in [2.45, 2.75) is 36.8 Å². The molecule has 0 radical (unpaired) electrons. The Hall–Kier alpha value is -2.53. The highest BCUT2D eigenvalue weighted by Gasteiger charge is 2.36. The van der Waals surface area contributed by atoms with Gasteiger partial charge in [-0.1, -0.05) is 59.6 Å². The van der Waals surface area contributed by atoms with Gasteiger partial charge in [0, 0.05) is 17.6 Å². The molecule has 1 aliphatic heterocycles. The minimum Gasteiger partial charge on any atom is -0.329 e. The first-order chi connectivity index (χ1) is 16.9. The molecule has 0 spiro atoms. The maximum absolute atomic E-state index is 13.7. The van der Waals surface area contributed by atoms with Crippen molar-refractivity contribution in [1.29, 1.82) is 0 Å². The zero-order chi connectivity index (χ0) is 26.1. The Bertz CT molecular complexity index is 1510. The molecule has 1 aromatic heterocycles. The molecule has 1 saturated heterocycles. The molecule has 8 nitrogen and oxygen atoms in total. The smallest absolute Gasteiger partial charge is 0.274 e. The van der Waals surface area contributed by atoms with E-state index in [0.29, 0.717) is 10.6 Å². The highest BCUT2D eigenvalue weighted by atomic mass is 35.5. The number of carbonyl (C=O) groups excluding carboxylic acids is 1. The molecule has 1 atom stereocenters.